The highest BCUT2D eigenvalue weighted by molar-refractivity contribution is 6.19. The molecule has 76 valence electrons. The second-order valence-electron chi connectivity index (χ2n) is 3.00. The molecule has 1 heterocycles. The number of ether oxygens (including phenoxy) is 2. The third kappa shape index (κ3) is 9.57. The number of ketones is 1. The van der Waals surface area contributed by atoms with E-state index in [4.69, 9.17) is 18.7 Å². The number of hydrogen-bond acceptors (Lipinski definition) is 3. The molecule has 0 amide bonds. The maximum absolute atomic E-state index is 9.69. The molecule has 0 saturated carbocycles. The fourth-order valence-electron chi connectivity index (χ4n) is 0.617. The van der Waals surface area contributed by atoms with E-state index in [-0.39, 0.29) is 17.9 Å². The summed E-state index contributed by atoms with van der Waals surface area (Å²) in [6, 6.07) is 0. The molecule has 0 aliphatic carbocycles. The Hall–Kier alpha value is -0.345. The van der Waals surface area contributed by atoms with Crippen LogP contribution < -0.4 is 0 Å². The monoisotopic (exact) mass is 188 g/mol. The summed E-state index contributed by atoms with van der Waals surface area (Å²) >= 11 is 0. The molecule has 0 unspecified atom stereocenters. The highest BCUT2D eigenvalue weighted by Gasteiger charge is 2.23. The van der Waals surface area contributed by atoms with E-state index in [9.17, 15) is 4.79 Å². The van der Waals surface area contributed by atoms with Gasteiger partial charge in [0.15, 0.2) is 5.79 Å². The minimum atomic E-state index is -0.306. The molecule has 0 spiro atoms. The SMILES string of the molecule is CC1(C)OCCO1.[3H]C.[B]CC(C)=O. The third-order valence-electron chi connectivity index (χ3n) is 1.27. The van der Waals surface area contributed by atoms with Crippen LogP contribution in [-0.4, -0.2) is 32.6 Å². The maximum Gasteiger partial charge on any atom is 0.162 e. The molecular formula is C9H19BO3. The lowest BCUT2D eigenvalue weighted by atomic mass is 10.0. The highest BCUT2D eigenvalue weighted by atomic mass is 16.7. The van der Waals surface area contributed by atoms with Crippen molar-refractivity contribution in [3.05, 3.63) is 0 Å². The lowest BCUT2D eigenvalue weighted by Gasteiger charge is -2.13. The molecule has 0 aromatic carbocycles. The summed E-state index contributed by atoms with van der Waals surface area (Å²) < 4.78 is 16.0. The van der Waals surface area contributed by atoms with Crippen LogP contribution in [0.5, 0.6) is 0 Å². The lowest BCUT2D eigenvalue weighted by Crippen LogP contribution is -2.18. The number of hydrogen-bond donors (Lipinski definition) is 0. The van der Waals surface area contributed by atoms with E-state index in [0.29, 0.717) is 0 Å². The summed E-state index contributed by atoms with van der Waals surface area (Å²) in [4.78, 5) is 9.69. The zero-order chi connectivity index (χ0) is 11.6. The minimum absolute atomic E-state index is 0.0324. The van der Waals surface area contributed by atoms with Crippen molar-refractivity contribution in [2.75, 3.05) is 13.2 Å². The van der Waals surface area contributed by atoms with Gasteiger partial charge in [-0.1, -0.05) is 7.40 Å². The van der Waals surface area contributed by atoms with Crippen molar-refractivity contribution in [1.82, 2.24) is 0 Å². The van der Waals surface area contributed by atoms with Crippen LogP contribution >= 0.6 is 0 Å². The van der Waals surface area contributed by atoms with Crippen molar-refractivity contribution in [3.63, 3.8) is 0 Å². The molecule has 13 heavy (non-hydrogen) atoms. The first kappa shape index (κ1) is 12.7. The summed E-state index contributed by atoms with van der Waals surface area (Å²) in [7, 11) is 6.07. The van der Waals surface area contributed by atoms with Crippen LogP contribution in [0.15, 0.2) is 0 Å². The van der Waals surface area contributed by atoms with Gasteiger partial charge in [0.25, 0.3) is 0 Å². The lowest BCUT2D eigenvalue weighted by molar-refractivity contribution is -0.125. The Morgan fingerprint density at radius 2 is 1.85 bits per heavy atom. The number of carbonyl (C=O) groups excluding carboxylic acids is 1. The van der Waals surface area contributed by atoms with Crippen LogP contribution in [0.3, 0.4) is 0 Å². The van der Waals surface area contributed by atoms with Gasteiger partial charge in [-0.05, 0) is 27.1 Å². The van der Waals surface area contributed by atoms with Gasteiger partial charge in [0.05, 0.1) is 21.1 Å². The summed E-state index contributed by atoms with van der Waals surface area (Å²) in [5.74, 6) is -0.273. The van der Waals surface area contributed by atoms with E-state index in [1.165, 1.54) is 14.3 Å². The molecule has 0 aromatic heterocycles. The van der Waals surface area contributed by atoms with Gasteiger partial charge in [0.2, 0.25) is 0 Å². The van der Waals surface area contributed by atoms with Crippen LogP contribution in [0.25, 0.3) is 0 Å². The fourth-order valence-corrected chi connectivity index (χ4v) is 0.617. The summed E-state index contributed by atoms with van der Waals surface area (Å²) in [5.41, 5.74) is 0. The Morgan fingerprint density at radius 3 is 1.92 bits per heavy atom. The zero-order valence-corrected chi connectivity index (χ0v) is 8.92. The number of rotatable bonds is 1. The molecule has 1 aliphatic rings. The Kier molecular flexibility index (Phi) is 6.91. The molecule has 0 N–H and O–H groups in total. The van der Waals surface area contributed by atoms with E-state index in [0.717, 1.165) is 13.2 Å². The zero-order valence-electron chi connectivity index (χ0n) is 9.92. The van der Waals surface area contributed by atoms with Gasteiger partial charge in [-0.2, -0.15) is 0 Å². The Bertz CT molecular complexity index is 143. The van der Waals surface area contributed by atoms with E-state index in [2.05, 4.69) is 0 Å². The standard InChI is InChI=1S/C5H10O2.C3H5BO.CH4/c1-5(2)6-3-4-7-5;1-3(5)2-4;/h3-4H2,1-2H3;2H2,1H3;1H4/i;;1T. The third-order valence-corrected chi connectivity index (χ3v) is 1.27. The van der Waals surface area contributed by atoms with Crippen LogP contribution in [0, 0.1) is 0 Å². The highest BCUT2D eigenvalue weighted by Crippen LogP contribution is 2.15. The van der Waals surface area contributed by atoms with E-state index in [1.807, 2.05) is 13.8 Å². The van der Waals surface area contributed by atoms with Gasteiger partial charge >= 0.3 is 0 Å². The largest absolute Gasteiger partial charge is 0.348 e. The van der Waals surface area contributed by atoms with Crippen molar-refractivity contribution < 1.29 is 15.6 Å². The van der Waals surface area contributed by atoms with Crippen molar-refractivity contribution >= 4 is 13.6 Å². The topological polar surface area (TPSA) is 35.5 Å². The molecule has 0 aromatic rings. The quantitative estimate of drug-likeness (QED) is 0.586. The second-order valence-corrected chi connectivity index (χ2v) is 3.00. The maximum atomic E-state index is 9.69. The average Bonchev–Trinajstić information content (AvgIpc) is 2.54. The number of carbonyl (C=O) groups is 1. The molecule has 1 fully saturated rings. The summed E-state index contributed by atoms with van der Waals surface area (Å²) in [6.45, 7) is 6.78. The van der Waals surface area contributed by atoms with Gasteiger partial charge in [-0.15, -0.1) is 0 Å². The number of Topliss-reactive ketones (excluding diaryl/α,β-unsaturated/α-hetero) is 1. The van der Waals surface area contributed by atoms with Gasteiger partial charge in [0.1, 0.15) is 5.78 Å². The molecule has 0 atom stereocenters. The van der Waals surface area contributed by atoms with Gasteiger partial charge in [-0.3, -0.25) is 0 Å². The molecular weight excluding hydrogens is 167 g/mol. The van der Waals surface area contributed by atoms with Crippen molar-refractivity contribution in [2.45, 2.75) is 40.3 Å². The first-order valence-corrected chi connectivity index (χ1v) is 3.95. The van der Waals surface area contributed by atoms with Crippen LogP contribution in [0.1, 0.15) is 29.5 Å². The predicted octanol–water partition coefficient (Wildman–Crippen LogP) is 1.57. The summed E-state index contributed by atoms with van der Waals surface area (Å²) in [6.07, 6.45) is 0.167. The Morgan fingerprint density at radius 1 is 1.54 bits per heavy atom. The second kappa shape index (κ2) is 7.10. The molecule has 1 rings (SSSR count). The smallest absolute Gasteiger partial charge is 0.162 e. The Labute approximate surface area is 83.6 Å². The fraction of sp³-hybridized carbons (Fsp3) is 0.889. The van der Waals surface area contributed by atoms with Crippen molar-refractivity contribution in [1.29, 1.82) is 0 Å². The molecule has 1 aliphatic heterocycles. The van der Waals surface area contributed by atoms with Gasteiger partial charge in [-0.25, -0.2) is 0 Å². The molecule has 2 radical (unpaired) electrons. The van der Waals surface area contributed by atoms with E-state index >= 15 is 0 Å². The predicted molar refractivity (Wildman–Crippen MR) is 54.0 cm³/mol. The van der Waals surface area contributed by atoms with Crippen LogP contribution in [0.4, 0.5) is 0 Å². The van der Waals surface area contributed by atoms with E-state index < -0.39 is 0 Å². The first-order valence-electron chi connectivity index (χ1n) is 4.95. The summed E-state index contributed by atoms with van der Waals surface area (Å²) in [5, 5.41) is 0. The van der Waals surface area contributed by atoms with Crippen LogP contribution in [0.2, 0.25) is 6.32 Å². The molecule has 1 saturated heterocycles. The van der Waals surface area contributed by atoms with Crippen molar-refractivity contribution in [2.24, 2.45) is 0 Å². The Balaban J connectivity index is 0. The van der Waals surface area contributed by atoms with E-state index in [1.54, 1.807) is 0 Å². The molecule has 4 heteroatoms. The van der Waals surface area contributed by atoms with Gasteiger partial charge in [0, 0.05) is 1.37 Å². The normalized spacial score (nSPS) is 18.6. The van der Waals surface area contributed by atoms with Gasteiger partial charge < -0.3 is 14.3 Å². The molecule has 0 bridgehead atoms. The minimum Gasteiger partial charge on any atom is -0.348 e. The van der Waals surface area contributed by atoms with Crippen molar-refractivity contribution in [3.8, 4) is 0 Å². The van der Waals surface area contributed by atoms with Crippen LogP contribution in [-0.2, 0) is 14.3 Å². The first-order chi connectivity index (χ1) is 6.48. The average molecular weight is 188 g/mol. The molecule has 3 nitrogen and oxygen atoms in total.